The molecule has 100 valence electrons. The third-order valence-corrected chi connectivity index (χ3v) is 3.18. The first-order valence-electron chi connectivity index (χ1n) is 6.67. The van der Waals surface area contributed by atoms with Gasteiger partial charge in [-0.3, -0.25) is 0 Å². The van der Waals surface area contributed by atoms with Crippen LogP contribution in [0.3, 0.4) is 0 Å². The smallest absolute Gasteiger partial charge is 0.125 e. The molecule has 0 aliphatic heterocycles. The van der Waals surface area contributed by atoms with Crippen LogP contribution in [0.2, 0.25) is 0 Å². The van der Waals surface area contributed by atoms with Crippen LogP contribution in [0.5, 0.6) is 5.75 Å². The molecule has 0 unspecified atom stereocenters. The zero-order valence-electron chi connectivity index (χ0n) is 11.6. The highest BCUT2D eigenvalue weighted by atomic mass is 16.5. The number of nitrogens with two attached hydrogens (primary N) is 1. The van der Waals surface area contributed by atoms with Crippen molar-refractivity contribution in [3.63, 3.8) is 0 Å². The number of hydrogen-bond acceptors (Lipinski definition) is 2. The van der Waals surface area contributed by atoms with Crippen molar-refractivity contribution >= 4 is 0 Å². The molecule has 2 aromatic rings. The Hall–Kier alpha value is -1.80. The first-order chi connectivity index (χ1) is 9.20. The van der Waals surface area contributed by atoms with Gasteiger partial charge >= 0.3 is 0 Å². The minimum atomic E-state index is 0.610. The summed E-state index contributed by atoms with van der Waals surface area (Å²) in [5.74, 6) is 0.990. The van der Waals surface area contributed by atoms with Crippen molar-refractivity contribution in [2.75, 3.05) is 6.54 Å². The standard InChI is InChI=1S/C17H21NO/c1-13-10-16(8-9-18)11-14(2)17(13)19-12-15-6-4-3-5-7-15/h3-7,10-11H,8-9,12,18H2,1-2H3. The van der Waals surface area contributed by atoms with Crippen molar-refractivity contribution in [1.29, 1.82) is 0 Å². The summed E-state index contributed by atoms with van der Waals surface area (Å²) in [6.07, 6.45) is 0.917. The van der Waals surface area contributed by atoms with Crippen molar-refractivity contribution in [2.45, 2.75) is 26.9 Å². The van der Waals surface area contributed by atoms with Gasteiger partial charge in [0.25, 0.3) is 0 Å². The summed E-state index contributed by atoms with van der Waals surface area (Å²) >= 11 is 0. The van der Waals surface area contributed by atoms with Gasteiger partial charge in [-0.25, -0.2) is 0 Å². The number of benzene rings is 2. The fourth-order valence-corrected chi connectivity index (χ4v) is 2.31. The molecule has 0 atom stereocenters. The van der Waals surface area contributed by atoms with Crippen LogP contribution in [-0.4, -0.2) is 6.54 Å². The van der Waals surface area contributed by atoms with Crippen molar-refractivity contribution in [2.24, 2.45) is 5.73 Å². The summed E-state index contributed by atoms with van der Waals surface area (Å²) in [6.45, 7) is 5.47. The molecule has 2 nitrogen and oxygen atoms in total. The predicted molar refractivity (Wildman–Crippen MR) is 79.4 cm³/mol. The number of ether oxygens (including phenoxy) is 1. The molecule has 0 aromatic heterocycles. The van der Waals surface area contributed by atoms with E-state index in [0.717, 1.165) is 12.2 Å². The van der Waals surface area contributed by atoms with Crippen LogP contribution < -0.4 is 10.5 Å². The van der Waals surface area contributed by atoms with Crippen LogP contribution in [0.4, 0.5) is 0 Å². The molecule has 0 saturated heterocycles. The maximum Gasteiger partial charge on any atom is 0.125 e. The molecule has 0 heterocycles. The van der Waals surface area contributed by atoms with Crippen LogP contribution in [-0.2, 0) is 13.0 Å². The molecular formula is C17H21NO. The predicted octanol–water partition coefficient (Wildman–Crippen LogP) is 3.38. The van der Waals surface area contributed by atoms with E-state index in [9.17, 15) is 0 Å². The highest BCUT2D eigenvalue weighted by molar-refractivity contribution is 5.43. The van der Waals surface area contributed by atoms with E-state index >= 15 is 0 Å². The maximum absolute atomic E-state index is 5.96. The zero-order chi connectivity index (χ0) is 13.7. The lowest BCUT2D eigenvalue weighted by Gasteiger charge is -2.14. The highest BCUT2D eigenvalue weighted by Crippen LogP contribution is 2.25. The molecular weight excluding hydrogens is 234 g/mol. The van der Waals surface area contributed by atoms with Gasteiger partial charge in [0.15, 0.2) is 0 Å². The van der Waals surface area contributed by atoms with Gasteiger partial charge in [-0.05, 0) is 49.1 Å². The normalized spacial score (nSPS) is 10.5. The average molecular weight is 255 g/mol. The minimum Gasteiger partial charge on any atom is -0.488 e. The van der Waals surface area contributed by atoms with Gasteiger partial charge in [0, 0.05) is 0 Å². The fraction of sp³-hybridized carbons (Fsp3) is 0.294. The molecule has 2 heteroatoms. The molecule has 0 saturated carbocycles. The van der Waals surface area contributed by atoms with Crippen LogP contribution in [0.15, 0.2) is 42.5 Å². The number of aryl methyl sites for hydroxylation is 2. The van der Waals surface area contributed by atoms with Crippen molar-refractivity contribution < 1.29 is 4.74 Å². The molecule has 0 aliphatic carbocycles. The van der Waals surface area contributed by atoms with Gasteiger partial charge in [-0.2, -0.15) is 0 Å². The van der Waals surface area contributed by atoms with Gasteiger partial charge in [0.05, 0.1) is 0 Å². The molecule has 0 bridgehead atoms. The molecule has 0 spiro atoms. The summed E-state index contributed by atoms with van der Waals surface area (Å²) in [7, 11) is 0. The van der Waals surface area contributed by atoms with Crippen LogP contribution in [0.25, 0.3) is 0 Å². The molecule has 19 heavy (non-hydrogen) atoms. The second-order valence-electron chi connectivity index (χ2n) is 4.87. The third kappa shape index (κ3) is 3.58. The fourth-order valence-electron chi connectivity index (χ4n) is 2.31. The monoisotopic (exact) mass is 255 g/mol. The molecule has 2 rings (SSSR count). The summed E-state index contributed by atoms with van der Waals surface area (Å²) in [4.78, 5) is 0. The minimum absolute atomic E-state index is 0.610. The van der Waals surface area contributed by atoms with Crippen LogP contribution >= 0.6 is 0 Å². The molecule has 2 N–H and O–H groups in total. The van der Waals surface area contributed by atoms with Crippen molar-refractivity contribution in [3.05, 3.63) is 64.7 Å². The van der Waals surface area contributed by atoms with Crippen LogP contribution in [0, 0.1) is 13.8 Å². The first-order valence-corrected chi connectivity index (χ1v) is 6.67. The molecule has 0 aliphatic rings. The van der Waals surface area contributed by atoms with Crippen LogP contribution in [0.1, 0.15) is 22.3 Å². The SMILES string of the molecule is Cc1cc(CCN)cc(C)c1OCc1ccccc1. The molecule has 0 fully saturated rings. The largest absolute Gasteiger partial charge is 0.488 e. The topological polar surface area (TPSA) is 35.2 Å². The van der Waals surface area contributed by atoms with Crippen molar-refractivity contribution in [3.8, 4) is 5.75 Å². The highest BCUT2D eigenvalue weighted by Gasteiger charge is 2.06. The van der Waals surface area contributed by atoms with E-state index < -0.39 is 0 Å². The summed E-state index contributed by atoms with van der Waals surface area (Å²) in [5, 5.41) is 0. The van der Waals surface area contributed by atoms with Gasteiger partial charge in [-0.1, -0.05) is 42.5 Å². The molecule has 2 aromatic carbocycles. The quantitative estimate of drug-likeness (QED) is 0.889. The Morgan fingerprint density at radius 2 is 1.58 bits per heavy atom. The lowest BCUT2D eigenvalue weighted by molar-refractivity contribution is 0.302. The van der Waals surface area contributed by atoms with Gasteiger partial charge in [0.2, 0.25) is 0 Å². The third-order valence-electron chi connectivity index (χ3n) is 3.18. The maximum atomic E-state index is 5.96. The first kappa shape index (κ1) is 13.6. The lowest BCUT2D eigenvalue weighted by Crippen LogP contribution is -2.04. The summed E-state index contributed by atoms with van der Waals surface area (Å²) < 4.78 is 5.96. The Kier molecular flexibility index (Phi) is 4.58. The molecule has 0 amide bonds. The van der Waals surface area contributed by atoms with Gasteiger partial charge in [-0.15, -0.1) is 0 Å². The van der Waals surface area contributed by atoms with E-state index in [2.05, 4.69) is 38.1 Å². The number of rotatable bonds is 5. The Morgan fingerprint density at radius 3 is 2.16 bits per heavy atom. The van der Waals surface area contributed by atoms with Gasteiger partial charge in [0.1, 0.15) is 12.4 Å². The van der Waals surface area contributed by atoms with Crippen molar-refractivity contribution in [1.82, 2.24) is 0 Å². The lowest BCUT2D eigenvalue weighted by atomic mass is 10.0. The summed E-state index contributed by atoms with van der Waals surface area (Å²) in [5.41, 5.74) is 10.4. The molecule has 0 radical (unpaired) electrons. The Balaban J connectivity index is 2.12. The second-order valence-corrected chi connectivity index (χ2v) is 4.87. The van der Waals surface area contributed by atoms with E-state index in [1.807, 2.05) is 18.2 Å². The second kappa shape index (κ2) is 6.39. The van der Waals surface area contributed by atoms with E-state index in [4.69, 9.17) is 10.5 Å². The Morgan fingerprint density at radius 1 is 0.947 bits per heavy atom. The van der Waals surface area contributed by atoms with E-state index in [1.165, 1.54) is 22.3 Å². The van der Waals surface area contributed by atoms with E-state index in [0.29, 0.717) is 13.2 Å². The average Bonchev–Trinajstić information content (AvgIpc) is 2.39. The Labute approximate surface area is 115 Å². The zero-order valence-corrected chi connectivity index (χ0v) is 11.6. The van der Waals surface area contributed by atoms with E-state index in [1.54, 1.807) is 0 Å². The summed E-state index contributed by atoms with van der Waals surface area (Å²) in [6, 6.07) is 14.6. The van der Waals surface area contributed by atoms with Gasteiger partial charge < -0.3 is 10.5 Å². The Bertz CT molecular complexity index is 511. The number of hydrogen-bond donors (Lipinski definition) is 1. The van der Waals surface area contributed by atoms with E-state index in [-0.39, 0.29) is 0 Å².